The smallest absolute Gasteiger partial charge is 0.269 e. The molecule has 0 spiro atoms. The van der Waals surface area contributed by atoms with Gasteiger partial charge in [-0.25, -0.2) is 9.98 Å². The van der Waals surface area contributed by atoms with Crippen LogP contribution in [0, 0.1) is 34.1 Å². The second-order valence-corrected chi connectivity index (χ2v) is 11.0. The fourth-order valence-electron chi connectivity index (χ4n) is 3.83. The van der Waals surface area contributed by atoms with E-state index in [4.69, 9.17) is 19.5 Å². The van der Waals surface area contributed by atoms with E-state index in [1.807, 2.05) is 48.5 Å². The van der Waals surface area contributed by atoms with Crippen LogP contribution in [-0.2, 0) is 0 Å². The van der Waals surface area contributed by atoms with E-state index in [0.717, 1.165) is 11.1 Å². The maximum absolute atomic E-state index is 11.3. The lowest BCUT2D eigenvalue weighted by Gasteiger charge is -2.12. The maximum atomic E-state index is 11.3. The summed E-state index contributed by atoms with van der Waals surface area (Å²) in [6.45, 7) is 3.54. The number of non-ortho nitro benzene ring substituents is 2. The summed E-state index contributed by atoms with van der Waals surface area (Å²) < 4.78 is 10.9. The van der Waals surface area contributed by atoms with Crippen LogP contribution < -0.4 is 9.47 Å². The van der Waals surface area contributed by atoms with E-state index in [2.05, 4.69) is 0 Å². The van der Waals surface area contributed by atoms with E-state index in [1.54, 1.807) is 40.2 Å². The number of nitro benzene ring substituents is 2. The van der Waals surface area contributed by atoms with Gasteiger partial charge in [0.25, 0.3) is 11.4 Å². The topological polar surface area (TPSA) is 129 Å². The molecule has 0 fully saturated rings. The predicted molar refractivity (Wildman–Crippen MR) is 169 cm³/mol. The van der Waals surface area contributed by atoms with Crippen molar-refractivity contribution < 1.29 is 19.3 Å². The molecule has 0 aliphatic carbocycles. The van der Waals surface area contributed by atoms with Crippen LogP contribution in [0.1, 0.15) is 22.3 Å². The molecule has 0 radical (unpaired) electrons. The van der Waals surface area contributed by atoms with Gasteiger partial charge >= 0.3 is 0 Å². The summed E-state index contributed by atoms with van der Waals surface area (Å²) in [5.41, 5.74) is 4.00. The van der Waals surface area contributed by atoms with Gasteiger partial charge in [0, 0.05) is 35.4 Å². The van der Waals surface area contributed by atoms with Crippen LogP contribution in [0.25, 0.3) is 0 Å². The fourth-order valence-corrected chi connectivity index (χ4v) is 5.98. The Morgan fingerprint density at radius 1 is 0.643 bits per heavy atom. The SMILES string of the molecule is COc1cccc(C(=Nc2ccc([N+](=O)[O-])cc2C)SSC(=Nc2ccc([N+](=O)[O-])cc2C)c2cccc(OC)c2)c1. The average Bonchev–Trinajstić information content (AvgIpc) is 2.99. The Bertz CT molecular complexity index is 1580. The summed E-state index contributed by atoms with van der Waals surface area (Å²) in [6.07, 6.45) is 0. The molecule has 0 aliphatic heterocycles. The highest BCUT2D eigenvalue weighted by Gasteiger charge is 2.16. The largest absolute Gasteiger partial charge is 0.497 e. The first-order valence-corrected chi connectivity index (χ1v) is 14.6. The number of ether oxygens (including phenoxy) is 2. The molecule has 0 amide bonds. The summed E-state index contributed by atoms with van der Waals surface area (Å²) in [4.78, 5) is 31.4. The Labute approximate surface area is 250 Å². The van der Waals surface area contributed by atoms with Gasteiger partial charge in [-0.1, -0.05) is 24.3 Å². The van der Waals surface area contributed by atoms with Gasteiger partial charge in [-0.2, -0.15) is 0 Å². The zero-order valence-corrected chi connectivity index (χ0v) is 24.8. The Kier molecular flexibility index (Phi) is 9.94. The standard InChI is InChI=1S/C30H26N4O6S2/c1-19-15-23(33(35)36)11-13-27(19)31-29(21-7-5-9-25(17-21)39-3)41-42-30(22-8-6-10-26(18-22)40-4)32-28-14-12-24(34(37)38)16-20(28)2/h5-18H,1-4H3. The van der Waals surface area contributed by atoms with E-state index >= 15 is 0 Å². The third-order valence-electron chi connectivity index (χ3n) is 6.06. The zero-order valence-electron chi connectivity index (χ0n) is 23.1. The van der Waals surface area contributed by atoms with E-state index in [-0.39, 0.29) is 11.4 Å². The molecule has 4 rings (SSSR count). The van der Waals surface area contributed by atoms with Crippen molar-refractivity contribution in [2.45, 2.75) is 13.8 Å². The predicted octanol–water partition coefficient (Wildman–Crippen LogP) is 8.38. The van der Waals surface area contributed by atoms with Crippen molar-refractivity contribution >= 4 is 54.4 Å². The molecule has 4 aromatic carbocycles. The molecule has 10 nitrogen and oxygen atoms in total. The first-order chi connectivity index (χ1) is 20.2. The van der Waals surface area contributed by atoms with Gasteiger partial charge in [0.05, 0.1) is 35.4 Å². The number of nitro groups is 2. The number of hydrogen-bond donors (Lipinski definition) is 0. The first kappa shape index (κ1) is 30.3. The van der Waals surface area contributed by atoms with Crippen LogP contribution in [-0.4, -0.2) is 34.2 Å². The Morgan fingerprint density at radius 2 is 1.05 bits per heavy atom. The average molecular weight is 603 g/mol. The van der Waals surface area contributed by atoms with Crippen LogP contribution in [0.2, 0.25) is 0 Å². The highest BCUT2D eigenvalue weighted by molar-refractivity contribution is 8.87. The number of nitrogens with zero attached hydrogens (tertiary/aromatic N) is 4. The van der Waals surface area contributed by atoms with Gasteiger partial charge in [-0.15, -0.1) is 0 Å². The molecule has 0 bridgehead atoms. The van der Waals surface area contributed by atoms with Crippen LogP contribution in [0.3, 0.4) is 0 Å². The molecule has 0 atom stereocenters. The lowest BCUT2D eigenvalue weighted by molar-refractivity contribution is -0.385. The highest BCUT2D eigenvalue weighted by atomic mass is 33.1. The van der Waals surface area contributed by atoms with Crippen LogP contribution in [0.15, 0.2) is 94.9 Å². The second-order valence-electron chi connectivity index (χ2n) is 8.92. The number of methoxy groups -OCH3 is 2. The molecular weight excluding hydrogens is 576 g/mol. The Balaban J connectivity index is 1.79. The van der Waals surface area contributed by atoms with Crippen molar-refractivity contribution in [1.29, 1.82) is 0 Å². The van der Waals surface area contributed by atoms with Crippen molar-refractivity contribution in [2.24, 2.45) is 9.98 Å². The second kappa shape index (κ2) is 13.8. The molecule has 0 aliphatic rings. The van der Waals surface area contributed by atoms with Crippen molar-refractivity contribution in [1.82, 2.24) is 0 Å². The minimum atomic E-state index is -0.439. The molecule has 0 N–H and O–H groups in total. The van der Waals surface area contributed by atoms with Gasteiger partial charge < -0.3 is 9.47 Å². The van der Waals surface area contributed by atoms with E-state index < -0.39 is 9.85 Å². The number of rotatable bonds is 8. The van der Waals surface area contributed by atoms with Crippen molar-refractivity contribution in [3.63, 3.8) is 0 Å². The molecule has 0 saturated heterocycles. The summed E-state index contributed by atoms with van der Waals surface area (Å²) >= 11 is 0. The lowest BCUT2D eigenvalue weighted by Crippen LogP contribution is -2.00. The van der Waals surface area contributed by atoms with Gasteiger partial charge in [-0.05, 0) is 83.0 Å². The molecule has 0 aromatic heterocycles. The first-order valence-electron chi connectivity index (χ1n) is 12.5. The van der Waals surface area contributed by atoms with Crippen LogP contribution in [0.5, 0.6) is 11.5 Å². The van der Waals surface area contributed by atoms with E-state index in [0.29, 0.717) is 44.1 Å². The monoisotopic (exact) mass is 602 g/mol. The molecule has 4 aromatic rings. The number of benzene rings is 4. The van der Waals surface area contributed by atoms with Crippen molar-refractivity contribution in [3.8, 4) is 11.5 Å². The molecule has 214 valence electrons. The van der Waals surface area contributed by atoms with Gasteiger partial charge in [-0.3, -0.25) is 20.2 Å². The van der Waals surface area contributed by atoms with Gasteiger partial charge in [0.2, 0.25) is 0 Å². The molecular formula is C30H26N4O6S2. The zero-order chi connectivity index (χ0) is 30.2. The number of aliphatic imine (C=N–C) groups is 2. The Hall–Kier alpha value is -4.68. The van der Waals surface area contributed by atoms with E-state index in [9.17, 15) is 20.2 Å². The summed E-state index contributed by atoms with van der Waals surface area (Å²) in [5, 5.41) is 23.7. The third kappa shape index (κ3) is 7.53. The third-order valence-corrected chi connectivity index (χ3v) is 8.31. The lowest BCUT2D eigenvalue weighted by atomic mass is 10.2. The van der Waals surface area contributed by atoms with Crippen molar-refractivity contribution in [2.75, 3.05) is 14.2 Å². The van der Waals surface area contributed by atoms with Crippen molar-refractivity contribution in [3.05, 3.63) is 127 Å². The molecule has 0 heterocycles. The summed E-state index contributed by atoms with van der Waals surface area (Å²) in [6, 6.07) is 24.0. The highest BCUT2D eigenvalue weighted by Crippen LogP contribution is 2.37. The van der Waals surface area contributed by atoms with Crippen LogP contribution in [0.4, 0.5) is 22.7 Å². The fraction of sp³-hybridized carbons (Fsp3) is 0.133. The normalized spacial score (nSPS) is 11.7. The van der Waals surface area contributed by atoms with Gasteiger partial charge in [0.1, 0.15) is 21.6 Å². The maximum Gasteiger partial charge on any atom is 0.269 e. The van der Waals surface area contributed by atoms with Crippen LogP contribution >= 0.6 is 21.6 Å². The molecule has 42 heavy (non-hydrogen) atoms. The minimum Gasteiger partial charge on any atom is -0.497 e. The molecule has 0 saturated carbocycles. The molecule has 12 heteroatoms. The summed E-state index contributed by atoms with van der Waals surface area (Å²) in [7, 11) is 5.87. The summed E-state index contributed by atoms with van der Waals surface area (Å²) in [5.74, 6) is 1.30. The Morgan fingerprint density at radius 3 is 1.38 bits per heavy atom. The van der Waals surface area contributed by atoms with Gasteiger partial charge in [0.15, 0.2) is 0 Å². The molecule has 0 unspecified atom stereocenters. The number of aryl methyl sites for hydroxylation is 2. The minimum absolute atomic E-state index is 0.0117. The number of hydrogen-bond acceptors (Lipinski definition) is 10. The van der Waals surface area contributed by atoms with E-state index in [1.165, 1.54) is 45.9 Å². The quantitative estimate of drug-likeness (QED) is 0.0646.